The van der Waals surface area contributed by atoms with E-state index in [0.717, 1.165) is 6.07 Å². The van der Waals surface area contributed by atoms with Crippen molar-refractivity contribution < 1.29 is 27.8 Å². The van der Waals surface area contributed by atoms with Crippen LogP contribution in [0.3, 0.4) is 0 Å². The summed E-state index contributed by atoms with van der Waals surface area (Å²) in [6, 6.07) is 7.06. The minimum Gasteiger partial charge on any atom is -0.492 e. The quantitative estimate of drug-likeness (QED) is 0.764. The summed E-state index contributed by atoms with van der Waals surface area (Å²) in [5, 5.41) is 9.90. The number of ether oxygens (including phenoxy) is 1. The predicted octanol–water partition coefficient (Wildman–Crippen LogP) is 5.33. The zero-order valence-corrected chi connectivity index (χ0v) is 13.5. The van der Waals surface area contributed by atoms with Gasteiger partial charge in [0.1, 0.15) is 11.3 Å². The zero-order valence-electron chi connectivity index (χ0n) is 12.0. The Hall–Kier alpha value is -1.92. The number of alkyl halides is 3. The molecule has 0 aliphatic carbocycles. The third kappa shape index (κ3) is 4.55. The SMILES string of the molecule is O=C(O)c1ccc(C(F)(F)F)cc1OCCc1ccc(Cl)cc1Cl. The molecule has 0 amide bonds. The second-order valence-electron chi connectivity index (χ2n) is 4.85. The number of hydrogen-bond donors (Lipinski definition) is 1. The zero-order chi connectivity index (χ0) is 17.9. The Morgan fingerprint density at radius 1 is 1.12 bits per heavy atom. The van der Waals surface area contributed by atoms with Crippen molar-refractivity contribution in [3.05, 3.63) is 63.1 Å². The number of rotatable bonds is 5. The highest BCUT2D eigenvalue weighted by Gasteiger charge is 2.31. The molecular weight excluding hydrogens is 368 g/mol. The number of benzene rings is 2. The van der Waals surface area contributed by atoms with Crippen LogP contribution in [0, 0.1) is 0 Å². The molecule has 1 N–H and O–H groups in total. The van der Waals surface area contributed by atoms with Gasteiger partial charge < -0.3 is 9.84 Å². The lowest BCUT2D eigenvalue weighted by Gasteiger charge is -2.13. The Labute approximate surface area is 145 Å². The molecule has 0 unspecified atom stereocenters. The Kier molecular flexibility index (Phi) is 5.62. The van der Waals surface area contributed by atoms with Crippen molar-refractivity contribution in [1.82, 2.24) is 0 Å². The first-order chi connectivity index (χ1) is 11.2. The lowest BCUT2D eigenvalue weighted by Crippen LogP contribution is -2.10. The summed E-state index contributed by atoms with van der Waals surface area (Å²) in [6.45, 7) is -0.0387. The van der Waals surface area contributed by atoms with Gasteiger partial charge in [0.05, 0.1) is 12.2 Å². The van der Waals surface area contributed by atoms with Crippen molar-refractivity contribution in [1.29, 1.82) is 0 Å². The molecule has 8 heteroatoms. The van der Waals surface area contributed by atoms with Gasteiger partial charge in [-0.2, -0.15) is 13.2 Å². The Morgan fingerprint density at radius 3 is 2.42 bits per heavy atom. The fourth-order valence-electron chi connectivity index (χ4n) is 1.99. The standard InChI is InChI=1S/C16H11Cl2F3O3/c17-11-3-1-9(13(18)8-11)5-6-24-14-7-10(16(19,20)21)2-4-12(14)15(22)23/h1-4,7-8H,5-6H2,(H,22,23). The first-order valence-electron chi connectivity index (χ1n) is 6.70. The summed E-state index contributed by atoms with van der Waals surface area (Å²) < 4.78 is 43.5. The third-order valence-corrected chi connectivity index (χ3v) is 3.77. The van der Waals surface area contributed by atoms with Crippen LogP contribution in [-0.4, -0.2) is 17.7 Å². The highest BCUT2D eigenvalue weighted by Crippen LogP contribution is 2.33. The molecule has 0 aliphatic rings. The molecule has 0 spiro atoms. The number of aromatic carboxylic acids is 1. The first kappa shape index (κ1) is 18.4. The number of carboxylic acid groups (broad SMARTS) is 1. The van der Waals surface area contributed by atoms with Crippen LogP contribution >= 0.6 is 23.2 Å². The van der Waals surface area contributed by atoms with Crippen molar-refractivity contribution in [3.8, 4) is 5.75 Å². The van der Waals surface area contributed by atoms with Crippen LogP contribution in [-0.2, 0) is 12.6 Å². The van der Waals surface area contributed by atoms with Gasteiger partial charge in [-0.3, -0.25) is 0 Å². The molecule has 2 aromatic carbocycles. The van der Waals surface area contributed by atoms with Gasteiger partial charge in [-0.1, -0.05) is 29.3 Å². The maximum Gasteiger partial charge on any atom is 0.416 e. The van der Waals surface area contributed by atoms with Crippen LogP contribution in [0.15, 0.2) is 36.4 Å². The number of halogens is 5. The van der Waals surface area contributed by atoms with Crippen LogP contribution in [0.25, 0.3) is 0 Å². The van der Waals surface area contributed by atoms with Crippen molar-refractivity contribution in [3.63, 3.8) is 0 Å². The predicted molar refractivity (Wildman–Crippen MR) is 84.1 cm³/mol. The van der Waals surface area contributed by atoms with E-state index in [2.05, 4.69) is 0 Å². The van der Waals surface area contributed by atoms with Gasteiger partial charge in [-0.15, -0.1) is 0 Å². The normalized spacial score (nSPS) is 11.4. The Balaban J connectivity index is 2.17. The number of carbonyl (C=O) groups is 1. The fraction of sp³-hybridized carbons (Fsp3) is 0.188. The van der Waals surface area contributed by atoms with Crippen molar-refractivity contribution in [2.24, 2.45) is 0 Å². The van der Waals surface area contributed by atoms with Gasteiger partial charge in [0.15, 0.2) is 0 Å². The summed E-state index contributed by atoms with van der Waals surface area (Å²) in [5.74, 6) is -1.72. The van der Waals surface area contributed by atoms with Crippen LogP contribution < -0.4 is 4.74 Å². The number of hydrogen-bond acceptors (Lipinski definition) is 2. The second kappa shape index (κ2) is 7.32. The molecule has 2 aromatic rings. The van der Waals surface area contributed by atoms with Crippen LogP contribution in [0.4, 0.5) is 13.2 Å². The second-order valence-corrected chi connectivity index (χ2v) is 5.69. The minimum absolute atomic E-state index is 0.0387. The molecule has 0 bridgehead atoms. The molecule has 24 heavy (non-hydrogen) atoms. The van der Waals surface area contributed by atoms with E-state index in [1.807, 2.05) is 0 Å². The van der Waals surface area contributed by atoms with Gasteiger partial charge in [-0.25, -0.2) is 4.79 Å². The van der Waals surface area contributed by atoms with Crippen LogP contribution in [0.5, 0.6) is 5.75 Å². The van der Waals surface area contributed by atoms with E-state index >= 15 is 0 Å². The third-order valence-electron chi connectivity index (χ3n) is 3.18. The van der Waals surface area contributed by atoms with E-state index in [1.165, 1.54) is 6.07 Å². The largest absolute Gasteiger partial charge is 0.492 e. The topological polar surface area (TPSA) is 46.5 Å². The summed E-state index contributed by atoms with van der Waals surface area (Å²) >= 11 is 11.8. The molecule has 0 heterocycles. The van der Waals surface area contributed by atoms with Gasteiger partial charge in [-0.05, 0) is 35.9 Å². The minimum atomic E-state index is -4.59. The van der Waals surface area contributed by atoms with Gasteiger partial charge in [0, 0.05) is 16.5 Å². The summed E-state index contributed by atoms with van der Waals surface area (Å²) in [4.78, 5) is 11.1. The maximum absolute atomic E-state index is 12.7. The fourth-order valence-corrected chi connectivity index (χ4v) is 2.49. The van der Waals surface area contributed by atoms with Crippen molar-refractivity contribution in [2.75, 3.05) is 6.61 Å². The van der Waals surface area contributed by atoms with Gasteiger partial charge in [0.2, 0.25) is 0 Å². The monoisotopic (exact) mass is 378 g/mol. The molecule has 0 saturated heterocycles. The molecule has 3 nitrogen and oxygen atoms in total. The number of carboxylic acids is 1. The molecule has 0 saturated carbocycles. The smallest absolute Gasteiger partial charge is 0.416 e. The summed E-state index contributed by atoms with van der Waals surface area (Å²) in [7, 11) is 0. The maximum atomic E-state index is 12.7. The summed E-state index contributed by atoms with van der Waals surface area (Å²) in [5.41, 5.74) is -0.637. The van der Waals surface area contributed by atoms with E-state index in [1.54, 1.807) is 12.1 Å². The van der Waals surface area contributed by atoms with Crippen molar-refractivity contribution in [2.45, 2.75) is 12.6 Å². The molecule has 0 atom stereocenters. The van der Waals surface area contributed by atoms with E-state index in [-0.39, 0.29) is 24.3 Å². The van der Waals surface area contributed by atoms with Crippen molar-refractivity contribution >= 4 is 29.2 Å². The van der Waals surface area contributed by atoms with E-state index in [0.29, 0.717) is 27.7 Å². The van der Waals surface area contributed by atoms with E-state index in [9.17, 15) is 18.0 Å². The molecule has 0 radical (unpaired) electrons. The molecule has 0 aliphatic heterocycles. The van der Waals surface area contributed by atoms with Gasteiger partial charge >= 0.3 is 12.1 Å². The van der Waals surface area contributed by atoms with Crippen LogP contribution in [0.2, 0.25) is 10.0 Å². The van der Waals surface area contributed by atoms with E-state index in [4.69, 9.17) is 33.0 Å². The first-order valence-corrected chi connectivity index (χ1v) is 7.45. The molecule has 2 rings (SSSR count). The average Bonchev–Trinajstić information content (AvgIpc) is 2.48. The van der Waals surface area contributed by atoms with Gasteiger partial charge in [0.25, 0.3) is 0 Å². The highest BCUT2D eigenvalue weighted by atomic mass is 35.5. The molecular formula is C16H11Cl2F3O3. The molecule has 128 valence electrons. The average molecular weight is 379 g/mol. The molecule has 0 fully saturated rings. The highest BCUT2D eigenvalue weighted by molar-refractivity contribution is 6.35. The lowest BCUT2D eigenvalue weighted by molar-refractivity contribution is -0.137. The Bertz CT molecular complexity index is 761. The van der Waals surface area contributed by atoms with E-state index < -0.39 is 17.7 Å². The van der Waals surface area contributed by atoms with Crippen LogP contribution in [0.1, 0.15) is 21.5 Å². The lowest BCUT2D eigenvalue weighted by atomic mass is 10.1. The Morgan fingerprint density at radius 2 is 1.83 bits per heavy atom. The molecule has 0 aromatic heterocycles. The summed E-state index contributed by atoms with van der Waals surface area (Å²) in [6.07, 6.45) is -4.31.